The minimum atomic E-state index is -2.84. The summed E-state index contributed by atoms with van der Waals surface area (Å²) in [6.07, 6.45) is 2.62. The number of piperazine rings is 1. The molecule has 3 aromatic rings. The van der Waals surface area contributed by atoms with E-state index in [-0.39, 0.29) is 23.9 Å². The highest BCUT2D eigenvalue weighted by Gasteiger charge is 2.32. The second-order valence-corrected chi connectivity index (χ2v) is 12.0. The van der Waals surface area contributed by atoms with Crippen molar-refractivity contribution in [2.75, 3.05) is 62.2 Å². The summed E-state index contributed by atoms with van der Waals surface area (Å²) in [5.41, 5.74) is 3.77. The van der Waals surface area contributed by atoms with Gasteiger partial charge in [-0.2, -0.15) is 5.10 Å². The number of hydrogen-bond donors (Lipinski definition) is 0. The van der Waals surface area contributed by atoms with Gasteiger partial charge in [0.25, 0.3) is 6.43 Å². The number of ether oxygens (including phenoxy) is 1. The first-order valence-corrected chi connectivity index (χ1v) is 15.4. The third-order valence-corrected chi connectivity index (χ3v) is 8.94. The van der Waals surface area contributed by atoms with Crippen LogP contribution in [0.4, 0.5) is 20.2 Å². The quantitative estimate of drug-likeness (QED) is 0.256. The van der Waals surface area contributed by atoms with Crippen LogP contribution in [0, 0.1) is 5.92 Å². The first-order valence-electron chi connectivity index (χ1n) is 15.1. The molecule has 3 fully saturated rings. The molecule has 0 spiro atoms. The van der Waals surface area contributed by atoms with Crippen LogP contribution >= 0.6 is 11.6 Å². The zero-order valence-electron chi connectivity index (χ0n) is 24.0. The summed E-state index contributed by atoms with van der Waals surface area (Å²) in [6.45, 7) is 8.55. The Balaban J connectivity index is 1.20. The Morgan fingerprint density at radius 3 is 2.48 bits per heavy atom. The highest BCUT2D eigenvalue weighted by Crippen LogP contribution is 2.38. The van der Waals surface area contributed by atoms with E-state index in [0.717, 1.165) is 61.9 Å². The average molecular weight is 598 g/mol. The number of alkyl halides is 2. The zero-order chi connectivity index (χ0) is 29.2. The van der Waals surface area contributed by atoms with Gasteiger partial charge < -0.3 is 14.5 Å². The van der Waals surface area contributed by atoms with Crippen molar-refractivity contribution in [2.24, 2.45) is 5.92 Å². The minimum Gasteiger partial charge on any atom is -0.462 e. The van der Waals surface area contributed by atoms with Crippen LogP contribution in [0.2, 0.25) is 5.02 Å². The van der Waals surface area contributed by atoms with Gasteiger partial charge in [0.1, 0.15) is 11.3 Å². The molecular weight excluding hydrogens is 560 g/mol. The van der Waals surface area contributed by atoms with Crippen LogP contribution in [0.25, 0.3) is 11.1 Å². The van der Waals surface area contributed by atoms with E-state index in [0.29, 0.717) is 18.0 Å². The molecule has 7 nitrogen and oxygen atoms in total. The van der Waals surface area contributed by atoms with Crippen LogP contribution in [0.3, 0.4) is 0 Å². The molecule has 1 saturated carbocycles. The molecule has 1 unspecified atom stereocenters. The Morgan fingerprint density at radius 2 is 1.79 bits per heavy atom. The molecule has 2 saturated heterocycles. The van der Waals surface area contributed by atoms with Crippen molar-refractivity contribution in [3.8, 4) is 11.1 Å². The standard InChI is InChI=1S/C32H38ClF2N5O2/c1-2-42-32(41)28-19-36-40(30(28)31(34)35)26-4-3-13-39(21-26)29-18-24(33)9-12-27(29)23-7-10-25(11-8-23)38-16-14-37(15-17-38)20-22-5-6-22/h7-12,18-19,22,26,31H,2-6,13-17,20-21H2,1H3. The van der Waals surface area contributed by atoms with Gasteiger partial charge in [-0.3, -0.25) is 9.58 Å². The monoisotopic (exact) mass is 597 g/mol. The average Bonchev–Trinajstić information content (AvgIpc) is 3.70. The summed E-state index contributed by atoms with van der Waals surface area (Å²) in [4.78, 5) is 19.6. The molecule has 0 N–H and O–H groups in total. The third-order valence-electron chi connectivity index (χ3n) is 8.71. The molecule has 0 bridgehead atoms. The lowest BCUT2D eigenvalue weighted by Crippen LogP contribution is -2.47. The summed E-state index contributed by atoms with van der Waals surface area (Å²) in [5.74, 6) is 0.153. The second kappa shape index (κ2) is 12.6. The molecule has 1 aliphatic carbocycles. The van der Waals surface area contributed by atoms with Crippen LogP contribution in [0.5, 0.6) is 0 Å². The lowest BCUT2D eigenvalue weighted by Gasteiger charge is -2.37. The molecular formula is C32H38ClF2N5O2. The number of nitrogens with zero attached hydrogens (tertiary/aromatic N) is 5. The number of benzene rings is 2. The molecule has 0 amide bonds. The van der Waals surface area contributed by atoms with Gasteiger partial charge in [-0.15, -0.1) is 0 Å². The van der Waals surface area contributed by atoms with Gasteiger partial charge in [-0.25, -0.2) is 13.6 Å². The number of hydrogen-bond acceptors (Lipinski definition) is 6. The van der Waals surface area contributed by atoms with Crippen LogP contribution in [-0.4, -0.2) is 73.1 Å². The van der Waals surface area contributed by atoms with Gasteiger partial charge in [0.2, 0.25) is 0 Å². The van der Waals surface area contributed by atoms with Crippen molar-refractivity contribution in [2.45, 2.75) is 45.1 Å². The first-order chi connectivity index (χ1) is 20.4. The Bertz CT molecular complexity index is 1390. The summed E-state index contributed by atoms with van der Waals surface area (Å²) < 4.78 is 34.7. The highest BCUT2D eigenvalue weighted by atomic mass is 35.5. The largest absolute Gasteiger partial charge is 0.462 e. The maximum absolute atomic E-state index is 14.2. The minimum absolute atomic E-state index is 0.111. The predicted octanol–water partition coefficient (Wildman–Crippen LogP) is 6.69. The Kier molecular flexibility index (Phi) is 8.67. The van der Waals surface area contributed by atoms with Gasteiger partial charge in [0.05, 0.1) is 18.8 Å². The van der Waals surface area contributed by atoms with E-state index < -0.39 is 12.4 Å². The molecule has 10 heteroatoms. The fourth-order valence-electron chi connectivity index (χ4n) is 6.34. The van der Waals surface area contributed by atoms with E-state index >= 15 is 0 Å². The van der Waals surface area contributed by atoms with Gasteiger partial charge >= 0.3 is 5.97 Å². The topological polar surface area (TPSA) is 53.8 Å². The molecule has 1 atom stereocenters. The maximum atomic E-state index is 14.2. The number of carbonyl (C=O) groups is 1. The number of aromatic nitrogens is 2. The van der Waals surface area contributed by atoms with Crippen molar-refractivity contribution in [3.63, 3.8) is 0 Å². The van der Waals surface area contributed by atoms with Crippen molar-refractivity contribution in [1.82, 2.24) is 14.7 Å². The molecule has 6 rings (SSSR count). The van der Waals surface area contributed by atoms with Crippen molar-refractivity contribution in [3.05, 3.63) is 64.9 Å². The molecule has 42 heavy (non-hydrogen) atoms. The number of carbonyl (C=O) groups excluding carboxylic acids is 1. The number of anilines is 2. The maximum Gasteiger partial charge on any atom is 0.341 e. The van der Waals surface area contributed by atoms with Crippen molar-refractivity contribution < 1.29 is 18.3 Å². The van der Waals surface area contributed by atoms with E-state index in [1.807, 2.05) is 18.2 Å². The predicted molar refractivity (Wildman–Crippen MR) is 162 cm³/mol. The summed E-state index contributed by atoms with van der Waals surface area (Å²) >= 11 is 6.48. The smallest absolute Gasteiger partial charge is 0.341 e. The molecule has 2 aliphatic heterocycles. The Morgan fingerprint density at radius 1 is 1.02 bits per heavy atom. The molecule has 3 heterocycles. The van der Waals surface area contributed by atoms with E-state index in [4.69, 9.17) is 16.3 Å². The number of halogens is 3. The van der Waals surface area contributed by atoms with E-state index in [2.05, 4.69) is 44.1 Å². The number of rotatable bonds is 9. The normalized spacial score (nSPS) is 19.9. The summed E-state index contributed by atoms with van der Waals surface area (Å²) in [5, 5.41) is 4.86. The van der Waals surface area contributed by atoms with Crippen LogP contribution < -0.4 is 9.80 Å². The van der Waals surface area contributed by atoms with Crippen molar-refractivity contribution in [1.29, 1.82) is 0 Å². The van der Waals surface area contributed by atoms with Gasteiger partial charge in [-0.1, -0.05) is 29.8 Å². The van der Waals surface area contributed by atoms with E-state index in [1.165, 1.54) is 36.0 Å². The van der Waals surface area contributed by atoms with E-state index in [1.54, 1.807) is 6.92 Å². The summed E-state index contributed by atoms with van der Waals surface area (Å²) in [6, 6.07) is 14.3. The summed E-state index contributed by atoms with van der Waals surface area (Å²) in [7, 11) is 0. The zero-order valence-corrected chi connectivity index (χ0v) is 24.8. The molecule has 2 aromatic carbocycles. The van der Waals surface area contributed by atoms with Crippen LogP contribution in [0.1, 0.15) is 61.1 Å². The fraction of sp³-hybridized carbons (Fsp3) is 0.500. The molecule has 0 radical (unpaired) electrons. The van der Waals surface area contributed by atoms with Crippen LogP contribution in [0.15, 0.2) is 48.7 Å². The number of esters is 1. The molecule has 3 aliphatic rings. The molecule has 1 aromatic heterocycles. The Labute approximate surface area is 251 Å². The lowest BCUT2D eigenvalue weighted by atomic mass is 9.99. The molecule has 224 valence electrons. The van der Waals surface area contributed by atoms with Gasteiger partial charge in [0, 0.05) is 67.8 Å². The second-order valence-electron chi connectivity index (χ2n) is 11.6. The van der Waals surface area contributed by atoms with Crippen LogP contribution in [-0.2, 0) is 4.74 Å². The van der Waals surface area contributed by atoms with E-state index in [9.17, 15) is 13.6 Å². The van der Waals surface area contributed by atoms with Gasteiger partial charge in [0.15, 0.2) is 0 Å². The fourth-order valence-corrected chi connectivity index (χ4v) is 6.50. The third kappa shape index (κ3) is 6.27. The SMILES string of the molecule is CCOC(=O)c1cnn(C2CCCN(c3cc(Cl)ccc3-c3ccc(N4CCN(CC5CC5)CC4)cc3)C2)c1C(F)F. The Hall–Kier alpha value is -3.17. The first kappa shape index (κ1) is 28.9. The van der Waals surface area contributed by atoms with Gasteiger partial charge in [-0.05, 0) is 68.4 Å². The number of piperidine rings is 1. The highest BCUT2D eigenvalue weighted by molar-refractivity contribution is 6.31. The lowest BCUT2D eigenvalue weighted by molar-refractivity contribution is 0.0512. The van der Waals surface area contributed by atoms with Crippen molar-refractivity contribution >= 4 is 28.9 Å².